The summed E-state index contributed by atoms with van der Waals surface area (Å²) in [6.45, 7) is 7.33. The Hall–Kier alpha value is -3.31. The molecular formula is C25H30N6O3Si. The minimum Gasteiger partial charge on any atom is -0.402 e. The first-order chi connectivity index (χ1) is 16.8. The number of nitrogens with two attached hydrogens (primary N) is 2. The molecule has 0 saturated carbocycles. The molecule has 182 valence electrons. The van der Waals surface area contributed by atoms with Gasteiger partial charge < -0.3 is 25.4 Å². The van der Waals surface area contributed by atoms with Gasteiger partial charge in [-0.1, -0.05) is 81.4 Å². The van der Waals surface area contributed by atoms with Crippen molar-refractivity contribution in [3.8, 4) is 0 Å². The predicted molar refractivity (Wildman–Crippen MR) is 138 cm³/mol. The quantitative estimate of drug-likeness (QED) is 0.395. The van der Waals surface area contributed by atoms with Crippen molar-refractivity contribution < 1.29 is 13.9 Å². The van der Waals surface area contributed by atoms with E-state index in [9.17, 15) is 0 Å². The number of nitrogen functional groups attached to an aromatic ring is 2. The van der Waals surface area contributed by atoms with Gasteiger partial charge in [0.1, 0.15) is 5.52 Å². The third kappa shape index (κ3) is 4.18. The molecule has 0 spiro atoms. The molecule has 4 aromatic rings. The van der Waals surface area contributed by atoms with Crippen LogP contribution in [0, 0.1) is 0 Å². The lowest BCUT2D eigenvalue weighted by molar-refractivity contribution is -0.0943. The zero-order valence-corrected chi connectivity index (χ0v) is 21.1. The number of nitrogens with zero attached hydrogens (tertiary/aromatic N) is 4. The van der Waals surface area contributed by atoms with E-state index in [2.05, 4.69) is 84.3 Å². The number of hydrogen-bond donors (Lipinski definition) is 2. The van der Waals surface area contributed by atoms with Gasteiger partial charge in [0.15, 0.2) is 24.0 Å². The van der Waals surface area contributed by atoms with Gasteiger partial charge in [-0.2, -0.15) is 9.97 Å². The lowest BCUT2D eigenvalue weighted by Crippen LogP contribution is -2.67. The van der Waals surface area contributed by atoms with Crippen molar-refractivity contribution in [1.82, 2.24) is 19.5 Å². The van der Waals surface area contributed by atoms with E-state index in [0.717, 1.165) is 0 Å². The molecule has 1 fully saturated rings. The number of imidazole rings is 1. The van der Waals surface area contributed by atoms with Crippen molar-refractivity contribution in [3.63, 3.8) is 0 Å². The first-order valence-electron chi connectivity index (χ1n) is 11.6. The van der Waals surface area contributed by atoms with Crippen LogP contribution < -0.4 is 21.8 Å². The molecule has 1 unspecified atom stereocenters. The largest absolute Gasteiger partial charge is 0.402 e. The lowest BCUT2D eigenvalue weighted by atomic mass is 10.2. The molecule has 3 heterocycles. The molecule has 0 amide bonds. The number of hydrogen-bond acceptors (Lipinski definition) is 8. The molecule has 2 atom stereocenters. The number of anilines is 2. The molecule has 1 aliphatic heterocycles. The van der Waals surface area contributed by atoms with Crippen molar-refractivity contribution in [3.05, 3.63) is 67.0 Å². The maximum absolute atomic E-state index is 6.94. The standard InChI is InChI=1S/C25H30N6O3Si/c1-25(2,3)35(17-10-6-4-7-11-17,18-12-8-5-9-13-18)33-15-20-32-14-19(34-20)31-16-28-21-22(26)29-24(27)30-23(21)31/h4-13,16,19-20H,14-15H2,1-3H3,(H4,26,27,29,30)/t19?,20-/m1/s1. The number of aromatic nitrogens is 4. The van der Waals surface area contributed by atoms with Crippen LogP contribution in [0.4, 0.5) is 11.8 Å². The molecule has 0 radical (unpaired) electrons. The highest BCUT2D eigenvalue weighted by molar-refractivity contribution is 6.99. The monoisotopic (exact) mass is 490 g/mol. The summed E-state index contributed by atoms with van der Waals surface area (Å²) in [6, 6.07) is 21.0. The third-order valence-corrected chi connectivity index (χ3v) is 11.4. The molecule has 10 heteroatoms. The number of ether oxygens (including phenoxy) is 2. The number of rotatable bonds is 6. The number of fused-ring (bicyclic) bond motifs is 1. The van der Waals surface area contributed by atoms with Crippen LogP contribution in [-0.2, 0) is 13.9 Å². The molecule has 35 heavy (non-hydrogen) atoms. The van der Waals surface area contributed by atoms with E-state index >= 15 is 0 Å². The Morgan fingerprint density at radius 2 is 1.63 bits per heavy atom. The summed E-state index contributed by atoms with van der Waals surface area (Å²) >= 11 is 0. The molecular weight excluding hydrogens is 460 g/mol. The van der Waals surface area contributed by atoms with Crippen LogP contribution in [0.15, 0.2) is 67.0 Å². The molecule has 4 N–H and O–H groups in total. The fourth-order valence-electron chi connectivity index (χ4n) is 4.80. The van der Waals surface area contributed by atoms with E-state index < -0.39 is 20.8 Å². The van der Waals surface area contributed by atoms with Gasteiger partial charge in [0, 0.05) is 0 Å². The molecule has 1 aliphatic rings. The Kier molecular flexibility index (Phi) is 6.05. The summed E-state index contributed by atoms with van der Waals surface area (Å²) in [5.41, 5.74) is 12.7. The fraction of sp³-hybridized carbons (Fsp3) is 0.320. The van der Waals surface area contributed by atoms with Crippen LogP contribution >= 0.6 is 0 Å². The van der Waals surface area contributed by atoms with E-state index in [0.29, 0.717) is 17.8 Å². The molecule has 2 aromatic heterocycles. The van der Waals surface area contributed by atoms with Gasteiger partial charge in [0.05, 0.1) is 19.5 Å². The second-order valence-corrected chi connectivity index (χ2v) is 13.9. The second kappa shape index (κ2) is 9.04. The summed E-state index contributed by atoms with van der Waals surface area (Å²) in [5, 5.41) is 2.27. The van der Waals surface area contributed by atoms with Crippen molar-refractivity contribution >= 4 is 41.6 Å². The van der Waals surface area contributed by atoms with E-state index in [1.807, 2.05) is 12.1 Å². The van der Waals surface area contributed by atoms with Crippen molar-refractivity contribution in [2.75, 3.05) is 24.7 Å². The van der Waals surface area contributed by atoms with E-state index in [1.54, 1.807) is 10.9 Å². The zero-order chi connectivity index (χ0) is 24.6. The van der Waals surface area contributed by atoms with Gasteiger partial charge in [0.25, 0.3) is 8.32 Å². The van der Waals surface area contributed by atoms with Gasteiger partial charge in [-0.3, -0.25) is 4.57 Å². The normalized spacial score (nSPS) is 18.8. The molecule has 1 saturated heterocycles. The highest BCUT2D eigenvalue weighted by Gasteiger charge is 2.50. The highest BCUT2D eigenvalue weighted by Crippen LogP contribution is 2.37. The Morgan fingerprint density at radius 3 is 2.23 bits per heavy atom. The average Bonchev–Trinajstić information content (AvgIpc) is 3.47. The van der Waals surface area contributed by atoms with E-state index in [4.69, 9.17) is 25.4 Å². The summed E-state index contributed by atoms with van der Waals surface area (Å²) in [6.07, 6.45) is 0.645. The van der Waals surface area contributed by atoms with Gasteiger partial charge in [-0.15, -0.1) is 0 Å². The summed E-state index contributed by atoms with van der Waals surface area (Å²) in [4.78, 5) is 12.6. The first-order valence-corrected chi connectivity index (χ1v) is 13.5. The minimum absolute atomic E-state index is 0.0854. The Morgan fingerprint density at radius 1 is 1.00 bits per heavy atom. The zero-order valence-electron chi connectivity index (χ0n) is 20.1. The molecule has 0 aliphatic carbocycles. The van der Waals surface area contributed by atoms with Crippen molar-refractivity contribution in [1.29, 1.82) is 0 Å². The van der Waals surface area contributed by atoms with Gasteiger partial charge in [-0.05, 0) is 15.4 Å². The smallest absolute Gasteiger partial charge is 0.261 e. The molecule has 9 nitrogen and oxygen atoms in total. The topological polar surface area (TPSA) is 123 Å². The van der Waals surface area contributed by atoms with E-state index in [1.165, 1.54) is 10.4 Å². The maximum atomic E-state index is 6.94. The Balaban J connectivity index is 1.42. The van der Waals surface area contributed by atoms with Crippen molar-refractivity contribution in [2.45, 2.75) is 38.3 Å². The van der Waals surface area contributed by atoms with Crippen LogP contribution in [0.2, 0.25) is 5.04 Å². The minimum atomic E-state index is -2.70. The van der Waals surface area contributed by atoms with Crippen LogP contribution in [0.25, 0.3) is 11.2 Å². The summed E-state index contributed by atoms with van der Waals surface area (Å²) in [7, 11) is -2.70. The van der Waals surface area contributed by atoms with Crippen molar-refractivity contribution in [2.24, 2.45) is 0 Å². The van der Waals surface area contributed by atoms with Gasteiger partial charge >= 0.3 is 0 Å². The first kappa shape index (κ1) is 23.4. The van der Waals surface area contributed by atoms with Crippen LogP contribution in [-0.4, -0.2) is 47.3 Å². The molecule has 2 aromatic carbocycles. The Bertz CT molecular complexity index is 1270. The summed E-state index contributed by atoms with van der Waals surface area (Å²) < 4.78 is 20.9. The summed E-state index contributed by atoms with van der Waals surface area (Å²) in [5.74, 6) is 0.318. The Labute approximate surface area is 205 Å². The maximum Gasteiger partial charge on any atom is 0.261 e. The molecule has 5 rings (SSSR count). The number of benzene rings is 2. The van der Waals surface area contributed by atoms with Gasteiger partial charge in [0.2, 0.25) is 5.95 Å². The second-order valence-electron chi connectivity index (χ2n) is 9.62. The average molecular weight is 491 g/mol. The SMILES string of the molecule is CC(C)(C)[Si](OC[C@@H]1OCC(n2cnc3c(N)nc(N)nc32)O1)(c1ccccc1)c1ccccc1. The van der Waals surface area contributed by atoms with Gasteiger partial charge in [-0.25, -0.2) is 4.98 Å². The highest BCUT2D eigenvalue weighted by atomic mass is 28.4. The van der Waals surface area contributed by atoms with Crippen LogP contribution in [0.3, 0.4) is 0 Å². The molecule has 0 bridgehead atoms. The predicted octanol–water partition coefficient (Wildman–Crippen LogP) is 2.44. The fourth-order valence-corrected chi connectivity index (χ4v) is 9.34. The van der Waals surface area contributed by atoms with E-state index in [-0.39, 0.29) is 23.4 Å². The third-order valence-electron chi connectivity index (χ3n) is 6.36. The lowest BCUT2D eigenvalue weighted by Gasteiger charge is -2.43. The van der Waals surface area contributed by atoms with Crippen LogP contribution in [0.5, 0.6) is 0 Å². The van der Waals surface area contributed by atoms with Crippen LogP contribution in [0.1, 0.15) is 27.0 Å².